The summed E-state index contributed by atoms with van der Waals surface area (Å²) in [5.74, 6) is 1.26. The molecule has 3 heterocycles. The molecule has 23 heavy (non-hydrogen) atoms. The lowest BCUT2D eigenvalue weighted by Crippen LogP contribution is -2.19. The van der Waals surface area contributed by atoms with E-state index in [1.54, 1.807) is 24.3 Å². The molecule has 0 unspecified atom stereocenters. The minimum Gasteiger partial charge on any atom is -0.508 e. The first kappa shape index (κ1) is 14.0. The molecule has 0 aliphatic carbocycles. The highest BCUT2D eigenvalue weighted by Crippen LogP contribution is 2.30. The van der Waals surface area contributed by atoms with Crippen LogP contribution >= 0.6 is 0 Å². The molecule has 1 saturated heterocycles. The summed E-state index contributed by atoms with van der Waals surface area (Å²) >= 11 is 0. The van der Waals surface area contributed by atoms with Crippen LogP contribution in [0.3, 0.4) is 0 Å². The van der Waals surface area contributed by atoms with Crippen molar-refractivity contribution in [1.29, 1.82) is 0 Å². The van der Waals surface area contributed by atoms with Gasteiger partial charge in [0, 0.05) is 31.0 Å². The van der Waals surface area contributed by atoms with E-state index in [1.165, 1.54) is 0 Å². The molecule has 2 aromatic heterocycles. The van der Waals surface area contributed by atoms with E-state index in [0.717, 1.165) is 42.7 Å². The third-order valence-electron chi connectivity index (χ3n) is 4.31. The number of rotatable bonds is 2. The summed E-state index contributed by atoms with van der Waals surface area (Å²) in [4.78, 5) is 9.13. The zero-order chi connectivity index (χ0) is 15.8. The first-order chi connectivity index (χ1) is 11.2. The zero-order valence-corrected chi connectivity index (χ0v) is 12.6. The highest BCUT2D eigenvalue weighted by molar-refractivity contribution is 5.88. The molecule has 0 atom stereocenters. The van der Waals surface area contributed by atoms with Gasteiger partial charge in [-0.1, -0.05) is 0 Å². The van der Waals surface area contributed by atoms with Crippen LogP contribution < -0.4 is 5.73 Å². The van der Waals surface area contributed by atoms with Gasteiger partial charge in [-0.3, -0.25) is 0 Å². The van der Waals surface area contributed by atoms with Crippen LogP contribution in [0.15, 0.2) is 36.5 Å². The number of aromatic nitrogens is 3. The molecule has 3 N–H and O–H groups in total. The monoisotopic (exact) mass is 310 g/mol. The third kappa shape index (κ3) is 2.51. The third-order valence-corrected chi connectivity index (χ3v) is 4.31. The molecule has 1 aliphatic rings. The summed E-state index contributed by atoms with van der Waals surface area (Å²) in [6.45, 7) is 1.55. The Kier molecular flexibility index (Phi) is 3.38. The molecule has 1 aromatic carbocycles. The Labute approximate surface area is 133 Å². The molecular formula is C17H18N4O2. The number of benzene rings is 1. The highest BCUT2D eigenvalue weighted by atomic mass is 16.5. The first-order valence-corrected chi connectivity index (χ1v) is 7.73. The predicted molar refractivity (Wildman–Crippen MR) is 88.1 cm³/mol. The van der Waals surface area contributed by atoms with Gasteiger partial charge in [-0.15, -0.1) is 0 Å². The molecule has 0 radical (unpaired) electrons. The van der Waals surface area contributed by atoms with E-state index in [4.69, 9.17) is 15.5 Å². The number of phenolic OH excluding ortho intramolecular Hbond substituents is 1. The van der Waals surface area contributed by atoms with E-state index in [0.29, 0.717) is 17.7 Å². The second-order valence-electron chi connectivity index (χ2n) is 5.78. The van der Waals surface area contributed by atoms with Gasteiger partial charge in [0.1, 0.15) is 17.2 Å². The van der Waals surface area contributed by atoms with Crippen molar-refractivity contribution in [1.82, 2.24) is 14.5 Å². The second-order valence-corrected chi connectivity index (χ2v) is 5.78. The standard InChI is InChI=1S/C17H18N4O2/c18-15-14-5-8-21(12-6-9-23-10-7-12)17(14)20-16(19-15)11-1-3-13(22)4-2-11/h1-5,8,12,22H,6-7,9-10H2,(H2,18,19,20). The predicted octanol–water partition coefficient (Wildman–Crippen LogP) is 2.74. The number of nitrogens with zero attached hydrogens (tertiary/aromatic N) is 3. The quantitative estimate of drug-likeness (QED) is 0.760. The average molecular weight is 310 g/mol. The number of phenols is 1. The lowest BCUT2D eigenvalue weighted by molar-refractivity contribution is 0.0706. The second kappa shape index (κ2) is 5.55. The van der Waals surface area contributed by atoms with E-state index >= 15 is 0 Å². The molecule has 1 aliphatic heterocycles. The number of fused-ring (bicyclic) bond motifs is 1. The molecule has 0 bridgehead atoms. The van der Waals surface area contributed by atoms with Gasteiger partial charge in [-0.2, -0.15) is 0 Å². The Balaban J connectivity index is 1.82. The summed E-state index contributed by atoms with van der Waals surface area (Å²) in [6.07, 6.45) is 3.98. The number of aromatic hydroxyl groups is 1. The van der Waals surface area contributed by atoms with Crippen LogP contribution in [0.1, 0.15) is 18.9 Å². The van der Waals surface area contributed by atoms with Crippen molar-refractivity contribution in [2.45, 2.75) is 18.9 Å². The van der Waals surface area contributed by atoms with E-state index < -0.39 is 0 Å². The number of hydrogen-bond acceptors (Lipinski definition) is 5. The molecule has 0 spiro atoms. The summed E-state index contributed by atoms with van der Waals surface area (Å²) in [5, 5.41) is 10.3. The smallest absolute Gasteiger partial charge is 0.163 e. The summed E-state index contributed by atoms with van der Waals surface area (Å²) in [6, 6.07) is 9.17. The Morgan fingerprint density at radius 3 is 2.57 bits per heavy atom. The number of nitrogen functional groups attached to an aromatic ring is 1. The highest BCUT2D eigenvalue weighted by Gasteiger charge is 2.19. The molecule has 4 rings (SSSR count). The summed E-state index contributed by atoms with van der Waals surface area (Å²) < 4.78 is 7.62. The van der Waals surface area contributed by atoms with Crippen LogP contribution in [0, 0.1) is 0 Å². The molecule has 0 amide bonds. The van der Waals surface area contributed by atoms with E-state index in [-0.39, 0.29) is 5.75 Å². The van der Waals surface area contributed by atoms with E-state index in [2.05, 4.69) is 9.55 Å². The minimum atomic E-state index is 0.216. The van der Waals surface area contributed by atoms with Crippen LogP contribution in [-0.2, 0) is 4.74 Å². The van der Waals surface area contributed by atoms with Gasteiger partial charge in [0.25, 0.3) is 0 Å². The van der Waals surface area contributed by atoms with Crippen LogP contribution in [0.2, 0.25) is 0 Å². The summed E-state index contributed by atoms with van der Waals surface area (Å²) in [5.41, 5.74) is 7.81. The van der Waals surface area contributed by atoms with Crippen molar-refractivity contribution in [3.63, 3.8) is 0 Å². The molecule has 118 valence electrons. The lowest BCUT2D eigenvalue weighted by Gasteiger charge is -2.24. The number of ether oxygens (including phenoxy) is 1. The minimum absolute atomic E-state index is 0.216. The van der Waals surface area contributed by atoms with Crippen molar-refractivity contribution in [3.05, 3.63) is 36.5 Å². The van der Waals surface area contributed by atoms with Crippen LogP contribution in [0.25, 0.3) is 22.4 Å². The van der Waals surface area contributed by atoms with Crippen molar-refractivity contribution < 1.29 is 9.84 Å². The van der Waals surface area contributed by atoms with Gasteiger partial charge in [-0.25, -0.2) is 9.97 Å². The maximum atomic E-state index is 9.43. The van der Waals surface area contributed by atoms with Gasteiger partial charge in [0.15, 0.2) is 5.82 Å². The van der Waals surface area contributed by atoms with Gasteiger partial charge in [0.2, 0.25) is 0 Å². The molecule has 1 fully saturated rings. The Bertz CT molecular complexity index is 836. The Hall–Kier alpha value is -2.60. The molecular weight excluding hydrogens is 292 g/mol. The van der Waals surface area contributed by atoms with E-state index in [1.807, 2.05) is 12.3 Å². The number of anilines is 1. The van der Waals surface area contributed by atoms with Crippen molar-refractivity contribution in [2.24, 2.45) is 0 Å². The van der Waals surface area contributed by atoms with Gasteiger partial charge in [-0.05, 0) is 43.2 Å². The topological polar surface area (TPSA) is 86.2 Å². The zero-order valence-electron chi connectivity index (χ0n) is 12.6. The Morgan fingerprint density at radius 1 is 1.09 bits per heavy atom. The van der Waals surface area contributed by atoms with Crippen LogP contribution in [0.4, 0.5) is 5.82 Å². The normalized spacial score (nSPS) is 16.0. The summed E-state index contributed by atoms with van der Waals surface area (Å²) in [7, 11) is 0. The SMILES string of the molecule is Nc1nc(-c2ccc(O)cc2)nc2c1ccn2C1CCOCC1. The van der Waals surface area contributed by atoms with Gasteiger partial charge < -0.3 is 20.1 Å². The van der Waals surface area contributed by atoms with Crippen LogP contribution in [0.5, 0.6) is 5.75 Å². The fourth-order valence-corrected chi connectivity index (χ4v) is 3.05. The van der Waals surface area contributed by atoms with Crippen molar-refractivity contribution >= 4 is 16.9 Å². The van der Waals surface area contributed by atoms with Gasteiger partial charge in [0.05, 0.1) is 5.39 Å². The number of hydrogen-bond donors (Lipinski definition) is 2. The molecule has 6 heteroatoms. The number of nitrogens with two attached hydrogens (primary N) is 1. The maximum Gasteiger partial charge on any atom is 0.163 e. The fraction of sp³-hybridized carbons (Fsp3) is 0.294. The lowest BCUT2D eigenvalue weighted by atomic mass is 10.1. The van der Waals surface area contributed by atoms with Gasteiger partial charge >= 0.3 is 0 Å². The van der Waals surface area contributed by atoms with Crippen molar-refractivity contribution in [2.75, 3.05) is 18.9 Å². The average Bonchev–Trinajstić information content (AvgIpc) is 3.01. The molecule has 0 saturated carbocycles. The largest absolute Gasteiger partial charge is 0.508 e. The molecule has 6 nitrogen and oxygen atoms in total. The van der Waals surface area contributed by atoms with E-state index in [9.17, 15) is 5.11 Å². The molecule has 3 aromatic rings. The van der Waals surface area contributed by atoms with Crippen LogP contribution in [-0.4, -0.2) is 32.9 Å². The Morgan fingerprint density at radius 2 is 1.83 bits per heavy atom. The first-order valence-electron chi connectivity index (χ1n) is 7.73. The van der Waals surface area contributed by atoms with Crippen molar-refractivity contribution in [3.8, 4) is 17.1 Å². The fourth-order valence-electron chi connectivity index (χ4n) is 3.05. The maximum absolute atomic E-state index is 9.43.